The third-order valence-electron chi connectivity index (χ3n) is 2.87. The summed E-state index contributed by atoms with van der Waals surface area (Å²) in [6.45, 7) is 0.575. The average Bonchev–Trinajstić information content (AvgIpc) is 2.75. The standard InChI is InChI=1S/C11H21NO2S/c1-15-7-6-10(12)11(13)14-8-9-4-2-3-5-9/h9-10H,2-8,12H2,1H3/t10-/m0/s1. The number of ether oxygens (including phenoxy) is 1. The van der Waals surface area contributed by atoms with Gasteiger partial charge in [0.05, 0.1) is 6.61 Å². The zero-order valence-corrected chi connectivity index (χ0v) is 10.2. The normalized spacial score (nSPS) is 19.1. The molecule has 2 N–H and O–H groups in total. The van der Waals surface area contributed by atoms with Crippen LogP contribution in [-0.4, -0.2) is 30.6 Å². The SMILES string of the molecule is CSCC[C@H](N)C(=O)OCC1CCCC1. The van der Waals surface area contributed by atoms with E-state index in [1.54, 1.807) is 11.8 Å². The smallest absolute Gasteiger partial charge is 0.322 e. The van der Waals surface area contributed by atoms with Crippen LogP contribution in [-0.2, 0) is 9.53 Å². The number of thioether (sulfide) groups is 1. The van der Waals surface area contributed by atoms with Crippen molar-refractivity contribution < 1.29 is 9.53 Å². The Kier molecular flexibility index (Phi) is 6.10. The molecule has 1 rings (SSSR count). The van der Waals surface area contributed by atoms with Gasteiger partial charge in [-0.25, -0.2) is 0 Å². The van der Waals surface area contributed by atoms with Gasteiger partial charge >= 0.3 is 5.97 Å². The Morgan fingerprint density at radius 3 is 2.80 bits per heavy atom. The van der Waals surface area contributed by atoms with E-state index in [1.807, 2.05) is 6.26 Å². The first-order valence-corrected chi connectivity index (χ1v) is 7.04. The van der Waals surface area contributed by atoms with Crippen LogP contribution in [0, 0.1) is 5.92 Å². The molecule has 0 aromatic heterocycles. The van der Waals surface area contributed by atoms with Gasteiger partial charge in [-0.05, 0) is 37.2 Å². The molecule has 3 nitrogen and oxygen atoms in total. The van der Waals surface area contributed by atoms with E-state index in [4.69, 9.17) is 10.5 Å². The fourth-order valence-corrected chi connectivity index (χ4v) is 2.34. The van der Waals surface area contributed by atoms with Crippen LogP contribution in [0.2, 0.25) is 0 Å². The summed E-state index contributed by atoms with van der Waals surface area (Å²) in [4.78, 5) is 11.4. The van der Waals surface area contributed by atoms with E-state index in [-0.39, 0.29) is 5.97 Å². The van der Waals surface area contributed by atoms with Gasteiger partial charge in [-0.2, -0.15) is 11.8 Å². The van der Waals surface area contributed by atoms with E-state index in [9.17, 15) is 4.79 Å². The predicted molar refractivity (Wildman–Crippen MR) is 63.9 cm³/mol. The molecule has 1 fully saturated rings. The fourth-order valence-electron chi connectivity index (χ4n) is 1.85. The van der Waals surface area contributed by atoms with E-state index in [2.05, 4.69) is 0 Å². The Morgan fingerprint density at radius 1 is 1.53 bits per heavy atom. The molecule has 0 aromatic rings. The van der Waals surface area contributed by atoms with Crippen LogP contribution in [0.4, 0.5) is 0 Å². The number of carbonyl (C=O) groups is 1. The number of rotatable bonds is 6. The first kappa shape index (κ1) is 12.8. The highest BCUT2D eigenvalue weighted by atomic mass is 32.2. The minimum atomic E-state index is -0.432. The zero-order chi connectivity index (χ0) is 11.1. The molecular formula is C11H21NO2S. The molecule has 15 heavy (non-hydrogen) atoms. The van der Waals surface area contributed by atoms with Gasteiger partial charge in [0.1, 0.15) is 6.04 Å². The van der Waals surface area contributed by atoms with Gasteiger partial charge < -0.3 is 10.5 Å². The summed E-state index contributed by atoms with van der Waals surface area (Å²) in [5.41, 5.74) is 5.70. The van der Waals surface area contributed by atoms with Crippen LogP contribution in [0.5, 0.6) is 0 Å². The molecule has 0 amide bonds. The third kappa shape index (κ3) is 4.89. The molecule has 0 unspecified atom stereocenters. The van der Waals surface area contributed by atoms with E-state index in [0.29, 0.717) is 18.9 Å². The van der Waals surface area contributed by atoms with Gasteiger partial charge in [-0.3, -0.25) is 4.79 Å². The molecule has 0 heterocycles. The molecule has 4 heteroatoms. The first-order chi connectivity index (χ1) is 7.24. The molecule has 1 atom stereocenters. The van der Waals surface area contributed by atoms with Crippen molar-refractivity contribution >= 4 is 17.7 Å². The van der Waals surface area contributed by atoms with Gasteiger partial charge in [-0.15, -0.1) is 0 Å². The molecule has 1 saturated carbocycles. The van der Waals surface area contributed by atoms with Crippen molar-refractivity contribution in [3.8, 4) is 0 Å². The summed E-state index contributed by atoms with van der Waals surface area (Å²) < 4.78 is 5.21. The number of carbonyl (C=O) groups excluding carboxylic acids is 1. The van der Waals surface area contributed by atoms with Gasteiger partial charge in [0, 0.05) is 0 Å². The van der Waals surface area contributed by atoms with Crippen LogP contribution >= 0.6 is 11.8 Å². The van der Waals surface area contributed by atoms with E-state index in [1.165, 1.54) is 25.7 Å². The van der Waals surface area contributed by atoms with Crippen molar-refractivity contribution in [1.29, 1.82) is 0 Å². The van der Waals surface area contributed by atoms with E-state index in [0.717, 1.165) is 5.75 Å². The summed E-state index contributed by atoms with van der Waals surface area (Å²) in [6.07, 6.45) is 7.68. The maximum absolute atomic E-state index is 11.4. The van der Waals surface area contributed by atoms with Crippen molar-refractivity contribution in [3.05, 3.63) is 0 Å². The summed E-state index contributed by atoms with van der Waals surface area (Å²) in [5.74, 6) is 1.28. The van der Waals surface area contributed by atoms with Gasteiger partial charge in [0.2, 0.25) is 0 Å². The van der Waals surface area contributed by atoms with Crippen molar-refractivity contribution in [2.24, 2.45) is 11.7 Å². The first-order valence-electron chi connectivity index (χ1n) is 5.65. The lowest BCUT2D eigenvalue weighted by atomic mass is 10.1. The summed E-state index contributed by atoms with van der Waals surface area (Å²) in [5, 5.41) is 0. The average molecular weight is 231 g/mol. The highest BCUT2D eigenvalue weighted by molar-refractivity contribution is 7.98. The van der Waals surface area contributed by atoms with Crippen LogP contribution < -0.4 is 5.73 Å². The lowest BCUT2D eigenvalue weighted by Crippen LogP contribution is -2.33. The van der Waals surface area contributed by atoms with Gasteiger partial charge in [-0.1, -0.05) is 12.8 Å². The molecule has 1 aliphatic rings. The van der Waals surface area contributed by atoms with Crippen molar-refractivity contribution in [2.75, 3.05) is 18.6 Å². The summed E-state index contributed by atoms with van der Waals surface area (Å²) >= 11 is 1.70. The Bertz CT molecular complexity index is 193. The van der Waals surface area contributed by atoms with E-state index >= 15 is 0 Å². The maximum atomic E-state index is 11.4. The Labute approximate surface area is 96.1 Å². The lowest BCUT2D eigenvalue weighted by molar-refractivity contribution is -0.146. The Balaban J connectivity index is 2.11. The minimum Gasteiger partial charge on any atom is -0.464 e. The van der Waals surface area contributed by atoms with Crippen LogP contribution in [0.1, 0.15) is 32.1 Å². The molecule has 0 spiro atoms. The van der Waals surface area contributed by atoms with Crippen molar-refractivity contribution in [3.63, 3.8) is 0 Å². The topological polar surface area (TPSA) is 52.3 Å². The van der Waals surface area contributed by atoms with Crippen LogP contribution in [0.15, 0.2) is 0 Å². The second-order valence-corrected chi connectivity index (χ2v) is 5.15. The molecular weight excluding hydrogens is 210 g/mol. The fraction of sp³-hybridized carbons (Fsp3) is 0.909. The molecule has 0 aliphatic heterocycles. The molecule has 0 aromatic carbocycles. The Hall–Kier alpha value is -0.220. The monoisotopic (exact) mass is 231 g/mol. The van der Waals surface area contributed by atoms with Crippen molar-refractivity contribution in [2.45, 2.75) is 38.1 Å². The lowest BCUT2D eigenvalue weighted by Gasteiger charge is -2.13. The quantitative estimate of drug-likeness (QED) is 0.708. The van der Waals surface area contributed by atoms with E-state index < -0.39 is 6.04 Å². The summed E-state index contributed by atoms with van der Waals surface area (Å²) in [7, 11) is 0. The van der Waals surface area contributed by atoms with Gasteiger partial charge in [0.15, 0.2) is 0 Å². The predicted octanol–water partition coefficient (Wildman–Crippen LogP) is 1.80. The summed E-state index contributed by atoms with van der Waals surface area (Å²) in [6, 6.07) is -0.432. The van der Waals surface area contributed by atoms with Crippen molar-refractivity contribution in [1.82, 2.24) is 0 Å². The zero-order valence-electron chi connectivity index (χ0n) is 9.41. The molecule has 0 bridgehead atoms. The van der Waals surface area contributed by atoms with Gasteiger partial charge in [0.25, 0.3) is 0 Å². The molecule has 88 valence electrons. The number of esters is 1. The Morgan fingerprint density at radius 2 is 2.20 bits per heavy atom. The minimum absolute atomic E-state index is 0.226. The third-order valence-corrected chi connectivity index (χ3v) is 3.52. The number of nitrogens with two attached hydrogens (primary N) is 1. The highest BCUT2D eigenvalue weighted by Crippen LogP contribution is 2.24. The molecule has 0 radical (unpaired) electrons. The highest BCUT2D eigenvalue weighted by Gasteiger charge is 2.19. The molecule has 0 saturated heterocycles. The largest absolute Gasteiger partial charge is 0.464 e. The maximum Gasteiger partial charge on any atom is 0.322 e. The second kappa shape index (κ2) is 7.12. The van der Waals surface area contributed by atoms with Crippen LogP contribution in [0.3, 0.4) is 0 Å². The number of hydrogen-bond acceptors (Lipinski definition) is 4. The number of hydrogen-bond donors (Lipinski definition) is 1. The molecule has 1 aliphatic carbocycles. The van der Waals surface area contributed by atoms with Crippen LogP contribution in [0.25, 0.3) is 0 Å². The second-order valence-electron chi connectivity index (χ2n) is 4.17.